The molecule has 0 unspecified atom stereocenters. The smallest absolute Gasteiger partial charge is 0.330 e. The fraction of sp³-hybridized carbons (Fsp3) is 0.273. The van der Waals surface area contributed by atoms with Crippen LogP contribution >= 0.6 is 0 Å². The van der Waals surface area contributed by atoms with E-state index < -0.39 is 0 Å². The Labute approximate surface area is 155 Å². The van der Waals surface area contributed by atoms with Crippen molar-refractivity contribution in [1.29, 1.82) is 0 Å². The second-order valence-electron chi connectivity index (χ2n) is 6.10. The Balaban J connectivity index is 1.89. The summed E-state index contributed by atoms with van der Waals surface area (Å²) in [5, 5.41) is 0. The van der Waals surface area contributed by atoms with Crippen LogP contribution in [-0.4, -0.2) is 25.9 Å². The Bertz CT molecular complexity index is 746. The molecule has 0 aromatic heterocycles. The van der Waals surface area contributed by atoms with Gasteiger partial charge in [0.25, 0.3) is 0 Å². The summed E-state index contributed by atoms with van der Waals surface area (Å²) in [4.78, 5) is 16.1. The van der Waals surface area contributed by atoms with Gasteiger partial charge in [-0.05, 0) is 59.5 Å². The minimum absolute atomic E-state index is 0.313. The predicted octanol–water partition coefficient (Wildman–Crippen LogP) is 5.05. The van der Waals surface area contributed by atoms with E-state index in [1.807, 2.05) is 48.5 Å². The molecule has 0 amide bonds. The van der Waals surface area contributed by atoms with Crippen LogP contribution in [0.15, 0.2) is 59.6 Å². The second-order valence-corrected chi connectivity index (χ2v) is 6.10. The maximum absolute atomic E-state index is 11.7. The van der Waals surface area contributed by atoms with Gasteiger partial charge in [0.15, 0.2) is 0 Å². The van der Waals surface area contributed by atoms with E-state index >= 15 is 0 Å². The molecular weight excluding hydrogens is 326 g/mol. The number of benzene rings is 2. The van der Waals surface area contributed by atoms with Gasteiger partial charge in [0.2, 0.25) is 0 Å². The summed E-state index contributed by atoms with van der Waals surface area (Å²) >= 11 is 0. The maximum atomic E-state index is 11.7. The van der Waals surface area contributed by atoms with Crippen LogP contribution < -0.4 is 4.74 Å². The zero-order chi connectivity index (χ0) is 18.8. The van der Waals surface area contributed by atoms with Crippen molar-refractivity contribution in [3.63, 3.8) is 0 Å². The van der Waals surface area contributed by atoms with E-state index in [2.05, 4.69) is 18.8 Å². The van der Waals surface area contributed by atoms with Crippen molar-refractivity contribution in [3.05, 3.63) is 65.7 Å². The standard InChI is InChI=1S/C22H25NO3/c1-4-17(2)16-26-22(24)14-9-18-5-10-20(11-6-18)23-15-19-7-12-21(25-3)13-8-19/h5-15,17H,4,16H2,1-3H3/b14-9+,23-15+/t17-/m0/s1. The van der Waals surface area contributed by atoms with Crippen molar-refractivity contribution < 1.29 is 14.3 Å². The van der Waals surface area contributed by atoms with E-state index in [0.717, 1.165) is 29.0 Å². The van der Waals surface area contributed by atoms with Crippen LogP contribution in [0, 0.1) is 5.92 Å². The van der Waals surface area contributed by atoms with Gasteiger partial charge < -0.3 is 9.47 Å². The maximum Gasteiger partial charge on any atom is 0.330 e. The number of carbonyl (C=O) groups excluding carboxylic acids is 1. The first kappa shape index (κ1) is 19.4. The summed E-state index contributed by atoms with van der Waals surface area (Å²) in [6.07, 6.45) is 6.00. The lowest BCUT2D eigenvalue weighted by Crippen LogP contribution is -2.08. The molecule has 4 heteroatoms. The Morgan fingerprint density at radius 2 is 1.73 bits per heavy atom. The SMILES string of the molecule is CC[C@H](C)COC(=O)/C=C/c1ccc(/N=C/c2ccc(OC)cc2)cc1. The number of esters is 1. The summed E-state index contributed by atoms with van der Waals surface area (Å²) in [7, 11) is 1.64. The van der Waals surface area contributed by atoms with Gasteiger partial charge in [-0.1, -0.05) is 32.4 Å². The van der Waals surface area contributed by atoms with Crippen molar-refractivity contribution in [1.82, 2.24) is 0 Å². The van der Waals surface area contributed by atoms with E-state index in [-0.39, 0.29) is 5.97 Å². The summed E-state index contributed by atoms with van der Waals surface area (Å²) in [6, 6.07) is 15.3. The van der Waals surface area contributed by atoms with Gasteiger partial charge in [0, 0.05) is 12.3 Å². The molecule has 0 aliphatic carbocycles. The number of hydrogen-bond donors (Lipinski definition) is 0. The van der Waals surface area contributed by atoms with Crippen LogP contribution in [-0.2, 0) is 9.53 Å². The number of methoxy groups -OCH3 is 1. The third-order valence-corrected chi connectivity index (χ3v) is 3.99. The first-order valence-electron chi connectivity index (χ1n) is 8.73. The number of nitrogens with zero attached hydrogens (tertiary/aromatic N) is 1. The van der Waals surface area contributed by atoms with Gasteiger partial charge in [-0.15, -0.1) is 0 Å². The summed E-state index contributed by atoms with van der Waals surface area (Å²) < 4.78 is 10.3. The normalized spacial score (nSPS) is 12.4. The molecule has 2 aromatic carbocycles. The second kappa shape index (κ2) is 10.2. The number of carbonyl (C=O) groups is 1. The van der Waals surface area contributed by atoms with Crippen LogP contribution in [0.4, 0.5) is 5.69 Å². The van der Waals surface area contributed by atoms with Gasteiger partial charge in [-0.3, -0.25) is 4.99 Å². The Morgan fingerprint density at radius 1 is 1.08 bits per heavy atom. The average molecular weight is 351 g/mol. The lowest BCUT2D eigenvalue weighted by Gasteiger charge is -2.07. The molecule has 0 saturated carbocycles. The first-order valence-corrected chi connectivity index (χ1v) is 8.73. The van der Waals surface area contributed by atoms with Crippen LogP contribution in [0.1, 0.15) is 31.4 Å². The Kier molecular flexibility index (Phi) is 7.62. The average Bonchev–Trinajstić information content (AvgIpc) is 2.70. The van der Waals surface area contributed by atoms with Crippen LogP contribution in [0.5, 0.6) is 5.75 Å². The van der Waals surface area contributed by atoms with Crippen molar-refractivity contribution in [2.75, 3.05) is 13.7 Å². The lowest BCUT2D eigenvalue weighted by atomic mass is 10.1. The molecule has 136 valence electrons. The molecule has 0 spiro atoms. The van der Waals surface area contributed by atoms with Gasteiger partial charge in [0.1, 0.15) is 5.75 Å². The highest BCUT2D eigenvalue weighted by Crippen LogP contribution is 2.15. The highest BCUT2D eigenvalue weighted by Gasteiger charge is 2.02. The first-order chi connectivity index (χ1) is 12.6. The number of ether oxygens (including phenoxy) is 2. The van der Waals surface area contributed by atoms with Crippen molar-refractivity contribution in [3.8, 4) is 5.75 Å². The number of aliphatic imine (C=N–C) groups is 1. The Hall–Kier alpha value is -2.88. The van der Waals surface area contributed by atoms with Gasteiger partial charge in [-0.2, -0.15) is 0 Å². The van der Waals surface area contributed by atoms with Crippen LogP contribution in [0.3, 0.4) is 0 Å². The molecule has 0 bridgehead atoms. The molecule has 0 fully saturated rings. The van der Waals surface area contributed by atoms with Crippen LogP contribution in [0.25, 0.3) is 6.08 Å². The fourth-order valence-electron chi connectivity index (χ4n) is 2.07. The minimum Gasteiger partial charge on any atom is -0.497 e. The number of hydrogen-bond acceptors (Lipinski definition) is 4. The Morgan fingerprint density at radius 3 is 2.35 bits per heavy atom. The fourth-order valence-corrected chi connectivity index (χ4v) is 2.07. The zero-order valence-electron chi connectivity index (χ0n) is 15.5. The van der Waals surface area contributed by atoms with Crippen molar-refractivity contribution in [2.24, 2.45) is 10.9 Å². The molecular formula is C22H25NO3. The van der Waals surface area contributed by atoms with Crippen molar-refractivity contribution >= 4 is 23.9 Å². The summed E-state index contributed by atoms with van der Waals surface area (Å²) in [6.45, 7) is 4.59. The predicted molar refractivity (Wildman–Crippen MR) is 106 cm³/mol. The minimum atomic E-state index is -0.313. The molecule has 2 aromatic rings. The third kappa shape index (κ3) is 6.55. The summed E-state index contributed by atoms with van der Waals surface area (Å²) in [5.41, 5.74) is 2.77. The van der Waals surface area contributed by atoms with E-state index in [9.17, 15) is 4.79 Å². The number of rotatable bonds is 8. The molecule has 0 N–H and O–H groups in total. The molecule has 2 rings (SSSR count). The highest BCUT2D eigenvalue weighted by molar-refractivity contribution is 5.87. The van der Waals surface area contributed by atoms with E-state index in [4.69, 9.17) is 9.47 Å². The quantitative estimate of drug-likeness (QED) is 0.380. The molecule has 1 atom stereocenters. The zero-order valence-corrected chi connectivity index (χ0v) is 15.5. The molecule has 0 radical (unpaired) electrons. The van der Waals surface area contributed by atoms with Gasteiger partial charge in [0.05, 0.1) is 19.4 Å². The molecule has 0 aliphatic rings. The van der Waals surface area contributed by atoms with Crippen LogP contribution in [0.2, 0.25) is 0 Å². The molecule has 0 heterocycles. The lowest BCUT2D eigenvalue weighted by molar-refractivity contribution is -0.138. The monoisotopic (exact) mass is 351 g/mol. The third-order valence-electron chi connectivity index (χ3n) is 3.99. The molecule has 4 nitrogen and oxygen atoms in total. The molecule has 0 aliphatic heterocycles. The van der Waals surface area contributed by atoms with E-state index in [1.165, 1.54) is 6.08 Å². The van der Waals surface area contributed by atoms with E-state index in [1.54, 1.807) is 19.4 Å². The molecule has 26 heavy (non-hydrogen) atoms. The summed E-state index contributed by atoms with van der Waals surface area (Å²) in [5.74, 6) is 0.892. The molecule has 0 saturated heterocycles. The topological polar surface area (TPSA) is 47.9 Å². The largest absolute Gasteiger partial charge is 0.497 e. The van der Waals surface area contributed by atoms with E-state index in [0.29, 0.717) is 12.5 Å². The van der Waals surface area contributed by atoms with Gasteiger partial charge in [-0.25, -0.2) is 4.79 Å². The van der Waals surface area contributed by atoms with Gasteiger partial charge >= 0.3 is 5.97 Å². The van der Waals surface area contributed by atoms with Crippen molar-refractivity contribution in [2.45, 2.75) is 20.3 Å². The highest BCUT2D eigenvalue weighted by atomic mass is 16.5.